The number of benzene rings is 1. The van der Waals surface area contributed by atoms with Crippen LogP contribution in [-0.4, -0.2) is 11.7 Å². The maximum Gasteiger partial charge on any atom is 0.0464 e. The summed E-state index contributed by atoms with van der Waals surface area (Å²) in [5.74, 6) is 2.53. The van der Waals surface area contributed by atoms with Gasteiger partial charge in [-0.3, -0.25) is 0 Å². The Hall–Kier alpha value is -0.860. The summed E-state index contributed by atoms with van der Waals surface area (Å²) in [6.07, 6.45) is 5.41. The standard InChI is InChI=1S/C11H15N.C8H18O.C3H8/c12-8-9-4-6-11(7-5-9)10-2-1-3-10;1-6(2)8(5-9)7(3)4;1-3-2/h4-7,10H,1-3,8,12H2;6-9H,5H2,1-4H3;3H2,1-2H3. The average molecular weight is 336 g/mol. The molecule has 2 heteroatoms. The van der Waals surface area contributed by atoms with Crippen molar-refractivity contribution in [3.8, 4) is 0 Å². The van der Waals surface area contributed by atoms with Gasteiger partial charge in [-0.05, 0) is 47.6 Å². The Balaban J connectivity index is 0.000000394. The van der Waals surface area contributed by atoms with E-state index in [-0.39, 0.29) is 0 Å². The number of hydrogen-bond donors (Lipinski definition) is 2. The van der Waals surface area contributed by atoms with Crippen LogP contribution in [0.1, 0.15) is 84.3 Å². The Morgan fingerprint density at radius 3 is 1.67 bits per heavy atom. The molecule has 0 heterocycles. The van der Waals surface area contributed by atoms with Crippen molar-refractivity contribution in [1.29, 1.82) is 0 Å². The van der Waals surface area contributed by atoms with Gasteiger partial charge in [-0.25, -0.2) is 0 Å². The number of nitrogens with two attached hydrogens (primary N) is 1. The van der Waals surface area contributed by atoms with Crippen LogP contribution in [0.15, 0.2) is 24.3 Å². The third-order valence-corrected chi connectivity index (χ3v) is 4.72. The molecule has 0 spiro atoms. The molecule has 0 unspecified atom stereocenters. The van der Waals surface area contributed by atoms with E-state index < -0.39 is 0 Å². The highest BCUT2D eigenvalue weighted by atomic mass is 16.3. The van der Waals surface area contributed by atoms with Crippen molar-refractivity contribution in [2.24, 2.45) is 23.5 Å². The minimum atomic E-state index is 0.329. The van der Waals surface area contributed by atoms with Gasteiger partial charge >= 0.3 is 0 Å². The fourth-order valence-corrected chi connectivity index (χ4v) is 2.86. The van der Waals surface area contributed by atoms with Crippen LogP contribution in [-0.2, 0) is 6.54 Å². The van der Waals surface area contributed by atoms with Crippen LogP contribution in [0.4, 0.5) is 0 Å². The lowest BCUT2D eigenvalue weighted by molar-refractivity contribution is 0.150. The molecule has 0 bridgehead atoms. The minimum absolute atomic E-state index is 0.329. The van der Waals surface area contributed by atoms with Crippen LogP contribution < -0.4 is 5.73 Å². The van der Waals surface area contributed by atoms with Crippen molar-refractivity contribution < 1.29 is 5.11 Å². The molecule has 1 saturated carbocycles. The van der Waals surface area contributed by atoms with E-state index in [0.717, 1.165) is 5.92 Å². The zero-order valence-electron chi connectivity index (χ0n) is 16.9. The third kappa shape index (κ3) is 8.84. The quantitative estimate of drug-likeness (QED) is 0.721. The smallest absolute Gasteiger partial charge is 0.0464 e. The van der Waals surface area contributed by atoms with Gasteiger partial charge in [0.15, 0.2) is 0 Å². The third-order valence-electron chi connectivity index (χ3n) is 4.72. The van der Waals surface area contributed by atoms with Crippen molar-refractivity contribution >= 4 is 0 Å². The summed E-state index contributed by atoms with van der Waals surface area (Å²) in [6.45, 7) is 13.9. The first kappa shape index (κ1) is 23.1. The van der Waals surface area contributed by atoms with Crippen LogP contribution in [0.3, 0.4) is 0 Å². The van der Waals surface area contributed by atoms with Gasteiger partial charge in [0, 0.05) is 13.2 Å². The van der Waals surface area contributed by atoms with Gasteiger partial charge < -0.3 is 10.8 Å². The molecule has 1 fully saturated rings. The predicted octanol–water partition coefficient (Wildman–Crippen LogP) is 5.74. The number of hydrogen-bond acceptors (Lipinski definition) is 2. The Morgan fingerprint density at radius 1 is 1.00 bits per heavy atom. The molecule has 3 N–H and O–H groups in total. The zero-order valence-corrected chi connectivity index (χ0v) is 16.9. The molecular weight excluding hydrogens is 294 g/mol. The summed E-state index contributed by atoms with van der Waals surface area (Å²) < 4.78 is 0. The highest BCUT2D eigenvalue weighted by Crippen LogP contribution is 2.36. The first-order valence-electron chi connectivity index (χ1n) is 9.80. The summed E-state index contributed by atoms with van der Waals surface area (Å²) in [5.41, 5.74) is 8.26. The van der Waals surface area contributed by atoms with E-state index in [2.05, 4.69) is 65.8 Å². The first-order valence-corrected chi connectivity index (χ1v) is 9.80. The molecule has 0 atom stereocenters. The number of rotatable bonds is 5. The second-order valence-corrected chi connectivity index (χ2v) is 7.62. The van der Waals surface area contributed by atoms with Crippen molar-refractivity contribution in [2.45, 2.75) is 79.7 Å². The van der Waals surface area contributed by atoms with Crippen molar-refractivity contribution in [1.82, 2.24) is 0 Å². The predicted molar refractivity (Wildman–Crippen MR) is 107 cm³/mol. The summed E-state index contributed by atoms with van der Waals surface area (Å²) in [6, 6.07) is 8.75. The molecule has 0 aromatic heterocycles. The molecule has 0 amide bonds. The van der Waals surface area contributed by atoms with Crippen LogP contribution in [0.5, 0.6) is 0 Å². The van der Waals surface area contributed by atoms with Crippen molar-refractivity contribution in [2.75, 3.05) is 6.61 Å². The van der Waals surface area contributed by atoms with Crippen LogP contribution in [0.2, 0.25) is 0 Å². The second kappa shape index (κ2) is 13.4. The molecule has 2 rings (SSSR count). The van der Waals surface area contributed by atoms with Crippen LogP contribution in [0, 0.1) is 17.8 Å². The van der Waals surface area contributed by atoms with Gasteiger partial charge in [0.2, 0.25) is 0 Å². The fourth-order valence-electron chi connectivity index (χ4n) is 2.86. The van der Waals surface area contributed by atoms with Gasteiger partial charge in [0.05, 0.1) is 0 Å². The second-order valence-electron chi connectivity index (χ2n) is 7.62. The largest absolute Gasteiger partial charge is 0.396 e. The maximum absolute atomic E-state index is 8.87. The van der Waals surface area contributed by atoms with Gasteiger partial charge in [-0.1, -0.05) is 78.6 Å². The van der Waals surface area contributed by atoms with E-state index in [0.29, 0.717) is 30.9 Å². The first-order chi connectivity index (χ1) is 11.4. The van der Waals surface area contributed by atoms with E-state index in [1.807, 2.05) is 0 Å². The Kier molecular flexibility index (Phi) is 13.0. The zero-order chi connectivity index (χ0) is 18.5. The van der Waals surface area contributed by atoms with Gasteiger partial charge in [0.25, 0.3) is 0 Å². The molecule has 140 valence electrons. The average Bonchev–Trinajstić information content (AvgIpc) is 2.47. The summed E-state index contributed by atoms with van der Waals surface area (Å²) >= 11 is 0. The van der Waals surface area contributed by atoms with E-state index in [9.17, 15) is 0 Å². The Bertz CT molecular complexity index is 385. The molecular formula is C22H41NO. The van der Waals surface area contributed by atoms with Crippen LogP contribution in [0.25, 0.3) is 0 Å². The topological polar surface area (TPSA) is 46.2 Å². The highest BCUT2D eigenvalue weighted by Gasteiger charge is 2.18. The highest BCUT2D eigenvalue weighted by molar-refractivity contribution is 5.26. The van der Waals surface area contributed by atoms with E-state index in [4.69, 9.17) is 10.8 Å². The lowest BCUT2D eigenvalue weighted by Gasteiger charge is -2.25. The lowest BCUT2D eigenvalue weighted by atomic mass is 9.80. The molecule has 0 saturated heterocycles. The van der Waals surface area contributed by atoms with Crippen molar-refractivity contribution in [3.63, 3.8) is 0 Å². The van der Waals surface area contributed by atoms with Crippen LogP contribution >= 0.6 is 0 Å². The molecule has 1 aliphatic carbocycles. The molecule has 1 aliphatic rings. The van der Waals surface area contributed by atoms with Gasteiger partial charge in [-0.2, -0.15) is 0 Å². The summed E-state index contributed by atoms with van der Waals surface area (Å²) in [7, 11) is 0. The summed E-state index contributed by atoms with van der Waals surface area (Å²) in [4.78, 5) is 0. The van der Waals surface area contributed by atoms with E-state index in [1.165, 1.54) is 36.8 Å². The SMILES string of the molecule is CC(C)C(CO)C(C)C.CCC.NCc1ccc(C2CCC2)cc1. The lowest BCUT2D eigenvalue weighted by Crippen LogP contribution is -2.19. The van der Waals surface area contributed by atoms with E-state index >= 15 is 0 Å². The maximum atomic E-state index is 8.87. The number of aliphatic hydroxyl groups excluding tert-OH is 1. The monoisotopic (exact) mass is 335 g/mol. The summed E-state index contributed by atoms with van der Waals surface area (Å²) in [5, 5.41) is 8.87. The molecule has 24 heavy (non-hydrogen) atoms. The fraction of sp³-hybridized carbons (Fsp3) is 0.727. The Morgan fingerprint density at radius 2 is 1.46 bits per heavy atom. The minimum Gasteiger partial charge on any atom is -0.396 e. The molecule has 1 aromatic carbocycles. The molecule has 2 nitrogen and oxygen atoms in total. The molecule has 0 aliphatic heterocycles. The molecule has 0 radical (unpaired) electrons. The van der Waals surface area contributed by atoms with Gasteiger partial charge in [-0.15, -0.1) is 0 Å². The van der Waals surface area contributed by atoms with Gasteiger partial charge in [0.1, 0.15) is 0 Å². The molecule has 1 aromatic rings. The van der Waals surface area contributed by atoms with Crippen molar-refractivity contribution in [3.05, 3.63) is 35.4 Å². The Labute approximate surface area is 150 Å². The normalized spacial score (nSPS) is 14.0. The van der Waals surface area contributed by atoms with E-state index in [1.54, 1.807) is 0 Å². The number of aliphatic hydroxyl groups is 1.